The largest absolute Gasteiger partial charge is 0.329 e. The molecule has 0 atom stereocenters. The van der Waals surface area contributed by atoms with Gasteiger partial charge in [-0.1, -0.05) is 30.3 Å². The van der Waals surface area contributed by atoms with Crippen LogP contribution in [0.2, 0.25) is 0 Å². The van der Waals surface area contributed by atoms with E-state index in [1.807, 2.05) is 69.3 Å². The molecule has 0 aliphatic carbocycles. The molecular weight excluding hydrogens is 326 g/mol. The third-order valence-corrected chi connectivity index (χ3v) is 4.81. The molecule has 0 aliphatic heterocycles. The van der Waals surface area contributed by atoms with Crippen LogP contribution in [0.5, 0.6) is 0 Å². The number of hydrogen-bond donors (Lipinski definition) is 0. The van der Waals surface area contributed by atoms with E-state index in [2.05, 4.69) is 0 Å². The van der Waals surface area contributed by atoms with E-state index in [4.69, 9.17) is 0 Å². The van der Waals surface area contributed by atoms with Crippen molar-refractivity contribution in [1.29, 1.82) is 0 Å². The minimum absolute atomic E-state index is 0.0297. The Morgan fingerprint density at radius 3 is 2.19 bits per heavy atom. The number of anilines is 1. The molecule has 0 N–H and O–H groups in total. The van der Waals surface area contributed by atoms with Crippen molar-refractivity contribution >= 4 is 22.6 Å². The Morgan fingerprint density at radius 1 is 0.962 bits per heavy atom. The molecule has 1 amide bonds. The molecule has 1 aromatic heterocycles. The fourth-order valence-corrected chi connectivity index (χ4v) is 3.48. The molecule has 3 aromatic rings. The number of benzene rings is 2. The Hall–Kier alpha value is -2.82. The number of aryl methyl sites for hydroxylation is 3. The van der Waals surface area contributed by atoms with Crippen LogP contribution in [0.1, 0.15) is 25.8 Å². The number of rotatable bonds is 6. The van der Waals surface area contributed by atoms with Crippen molar-refractivity contribution in [2.45, 2.75) is 40.3 Å². The number of aromatic nitrogens is 2. The topological polar surface area (TPSA) is 47.2 Å². The zero-order chi connectivity index (χ0) is 18.7. The molecule has 0 aliphatic rings. The first kappa shape index (κ1) is 18.0. The number of carbonyl (C=O) groups is 1. The Kier molecular flexibility index (Phi) is 5.26. The van der Waals surface area contributed by atoms with E-state index < -0.39 is 0 Å². The van der Waals surface area contributed by atoms with Gasteiger partial charge in [0.25, 0.3) is 0 Å². The van der Waals surface area contributed by atoms with Gasteiger partial charge in [-0.3, -0.25) is 13.9 Å². The van der Waals surface area contributed by atoms with Gasteiger partial charge in [-0.05, 0) is 44.5 Å². The van der Waals surface area contributed by atoms with Crippen LogP contribution in [-0.4, -0.2) is 21.6 Å². The van der Waals surface area contributed by atoms with Crippen LogP contribution in [0.3, 0.4) is 0 Å². The first-order valence-corrected chi connectivity index (χ1v) is 9.12. The molecule has 136 valence electrons. The van der Waals surface area contributed by atoms with Crippen molar-refractivity contribution in [3.63, 3.8) is 0 Å². The molecule has 0 saturated carbocycles. The van der Waals surface area contributed by atoms with Gasteiger partial charge in [0.2, 0.25) is 5.91 Å². The highest BCUT2D eigenvalue weighted by molar-refractivity contribution is 5.94. The van der Waals surface area contributed by atoms with Gasteiger partial charge in [0.05, 0.1) is 11.0 Å². The van der Waals surface area contributed by atoms with E-state index in [9.17, 15) is 9.59 Å². The molecule has 0 fully saturated rings. The van der Waals surface area contributed by atoms with Gasteiger partial charge in [0.1, 0.15) is 0 Å². The van der Waals surface area contributed by atoms with Crippen molar-refractivity contribution in [3.8, 4) is 0 Å². The molecule has 3 rings (SSSR count). The normalized spacial score (nSPS) is 11.0. The lowest BCUT2D eigenvalue weighted by molar-refractivity contribution is -0.118. The molecule has 0 radical (unpaired) electrons. The van der Waals surface area contributed by atoms with Crippen molar-refractivity contribution in [2.24, 2.45) is 0 Å². The lowest BCUT2D eigenvalue weighted by Gasteiger charge is -2.23. The van der Waals surface area contributed by atoms with Gasteiger partial charge in [0.15, 0.2) is 0 Å². The number of amides is 1. The SMILES string of the molecule is CCN(C(=O)CCn1c(=O)n(CC)c2ccccc21)c1ccccc1C. The molecule has 1 heterocycles. The number of nitrogens with zero attached hydrogens (tertiary/aromatic N) is 3. The summed E-state index contributed by atoms with van der Waals surface area (Å²) in [5.74, 6) is 0.0297. The highest BCUT2D eigenvalue weighted by Gasteiger charge is 2.17. The smallest absolute Gasteiger partial charge is 0.312 e. The summed E-state index contributed by atoms with van der Waals surface area (Å²) in [4.78, 5) is 27.3. The maximum absolute atomic E-state index is 12.8. The molecule has 5 heteroatoms. The second-order valence-electron chi connectivity index (χ2n) is 6.34. The summed E-state index contributed by atoms with van der Waals surface area (Å²) < 4.78 is 3.46. The third-order valence-electron chi connectivity index (χ3n) is 4.81. The summed E-state index contributed by atoms with van der Waals surface area (Å²) in [6.07, 6.45) is 0.291. The monoisotopic (exact) mass is 351 g/mol. The van der Waals surface area contributed by atoms with Crippen molar-refractivity contribution < 1.29 is 4.79 Å². The number of hydrogen-bond acceptors (Lipinski definition) is 2. The molecule has 0 unspecified atom stereocenters. The highest BCUT2D eigenvalue weighted by Crippen LogP contribution is 2.20. The maximum Gasteiger partial charge on any atom is 0.329 e. The van der Waals surface area contributed by atoms with Crippen LogP contribution >= 0.6 is 0 Å². The van der Waals surface area contributed by atoms with Gasteiger partial charge >= 0.3 is 5.69 Å². The quantitative estimate of drug-likeness (QED) is 0.681. The Morgan fingerprint density at radius 2 is 1.58 bits per heavy atom. The van der Waals surface area contributed by atoms with E-state index >= 15 is 0 Å². The van der Waals surface area contributed by atoms with E-state index in [1.165, 1.54) is 0 Å². The zero-order valence-electron chi connectivity index (χ0n) is 15.6. The van der Waals surface area contributed by atoms with Gasteiger partial charge in [-0.15, -0.1) is 0 Å². The lowest BCUT2D eigenvalue weighted by Crippen LogP contribution is -2.33. The standard InChI is InChI=1S/C21H25N3O2/c1-4-22(17-11-7-6-10-16(17)3)20(25)14-15-24-19-13-9-8-12-18(19)23(5-2)21(24)26/h6-13H,4-5,14-15H2,1-3H3. The Bertz CT molecular complexity index is 984. The van der Waals surface area contributed by atoms with Crippen LogP contribution in [0.4, 0.5) is 5.69 Å². The predicted octanol–water partition coefficient (Wildman–Crippen LogP) is 3.57. The summed E-state index contributed by atoms with van der Waals surface area (Å²) in [7, 11) is 0. The van der Waals surface area contributed by atoms with E-state index in [-0.39, 0.29) is 11.6 Å². The highest BCUT2D eigenvalue weighted by atomic mass is 16.2. The van der Waals surface area contributed by atoms with E-state index in [0.29, 0.717) is 26.1 Å². The number of fused-ring (bicyclic) bond motifs is 1. The summed E-state index contributed by atoms with van der Waals surface area (Å²) in [5, 5.41) is 0. The van der Waals surface area contributed by atoms with Gasteiger partial charge in [0, 0.05) is 31.7 Å². The number of para-hydroxylation sites is 3. The molecular formula is C21H25N3O2. The first-order valence-electron chi connectivity index (χ1n) is 9.12. The second-order valence-corrected chi connectivity index (χ2v) is 6.34. The predicted molar refractivity (Wildman–Crippen MR) is 106 cm³/mol. The third kappa shape index (κ3) is 3.17. The van der Waals surface area contributed by atoms with Crippen LogP contribution < -0.4 is 10.6 Å². The average Bonchev–Trinajstić information content (AvgIpc) is 2.93. The minimum Gasteiger partial charge on any atom is -0.312 e. The van der Waals surface area contributed by atoms with Gasteiger partial charge in [-0.25, -0.2) is 4.79 Å². The maximum atomic E-state index is 12.8. The second kappa shape index (κ2) is 7.60. The van der Waals surface area contributed by atoms with Crippen LogP contribution in [0.25, 0.3) is 11.0 Å². The minimum atomic E-state index is -0.0551. The summed E-state index contributed by atoms with van der Waals surface area (Å²) >= 11 is 0. The zero-order valence-corrected chi connectivity index (χ0v) is 15.6. The van der Waals surface area contributed by atoms with E-state index in [0.717, 1.165) is 22.3 Å². The fraction of sp³-hybridized carbons (Fsp3) is 0.333. The molecule has 2 aromatic carbocycles. The molecule has 5 nitrogen and oxygen atoms in total. The molecule has 0 saturated heterocycles. The van der Waals surface area contributed by atoms with Crippen LogP contribution in [0.15, 0.2) is 53.3 Å². The van der Waals surface area contributed by atoms with Crippen molar-refractivity contribution in [2.75, 3.05) is 11.4 Å². The Balaban J connectivity index is 1.86. The van der Waals surface area contributed by atoms with Gasteiger partial charge in [-0.2, -0.15) is 0 Å². The lowest BCUT2D eigenvalue weighted by atomic mass is 10.1. The number of imidazole rings is 1. The summed E-state index contributed by atoms with van der Waals surface area (Å²) in [6, 6.07) is 15.6. The van der Waals surface area contributed by atoms with Crippen molar-refractivity contribution in [1.82, 2.24) is 9.13 Å². The molecule has 0 spiro atoms. The molecule has 0 bridgehead atoms. The summed E-state index contributed by atoms with van der Waals surface area (Å²) in [6.45, 7) is 7.54. The fourth-order valence-electron chi connectivity index (χ4n) is 3.48. The van der Waals surface area contributed by atoms with Crippen LogP contribution in [-0.2, 0) is 17.9 Å². The van der Waals surface area contributed by atoms with Crippen LogP contribution in [0, 0.1) is 6.92 Å². The number of carbonyl (C=O) groups excluding carboxylic acids is 1. The average molecular weight is 351 g/mol. The van der Waals surface area contributed by atoms with Gasteiger partial charge < -0.3 is 4.90 Å². The van der Waals surface area contributed by atoms with Crippen molar-refractivity contribution in [3.05, 3.63) is 64.6 Å². The summed E-state index contributed by atoms with van der Waals surface area (Å²) in [5.41, 5.74) is 3.75. The first-order chi connectivity index (χ1) is 12.6. The molecule has 26 heavy (non-hydrogen) atoms. The van der Waals surface area contributed by atoms with E-state index in [1.54, 1.807) is 14.0 Å². The Labute approximate surface area is 153 Å².